The van der Waals surface area contributed by atoms with Gasteiger partial charge in [-0.1, -0.05) is 6.42 Å². The van der Waals surface area contributed by atoms with E-state index in [2.05, 4.69) is 9.88 Å². The van der Waals surface area contributed by atoms with Crippen LogP contribution in [-0.2, 0) is 6.54 Å². The van der Waals surface area contributed by atoms with Crippen molar-refractivity contribution >= 4 is 0 Å². The number of nitrogens with zero attached hydrogens (tertiary/aromatic N) is 2. The number of aromatic nitrogens is 1. The molecule has 1 aromatic heterocycles. The van der Waals surface area contributed by atoms with Crippen LogP contribution in [0, 0.1) is 0 Å². The summed E-state index contributed by atoms with van der Waals surface area (Å²) in [7, 11) is 0. The van der Waals surface area contributed by atoms with Crippen LogP contribution in [0.5, 0.6) is 0 Å². The first-order valence-electron chi connectivity index (χ1n) is 7.66. The summed E-state index contributed by atoms with van der Waals surface area (Å²) in [6.45, 7) is 1.89. The van der Waals surface area contributed by atoms with Crippen molar-refractivity contribution in [2.24, 2.45) is 0 Å². The fraction of sp³-hybridized carbons (Fsp3) is 0.800. The van der Waals surface area contributed by atoms with Crippen LogP contribution in [0.1, 0.15) is 62.5 Å². The Bertz CT molecular complexity index is 462. The minimum Gasteiger partial charge on any atom is -0.444 e. The molecule has 2 saturated carbocycles. The van der Waals surface area contributed by atoms with Crippen LogP contribution in [0.3, 0.4) is 0 Å². The van der Waals surface area contributed by atoms with Crippen LogP contribution in [0.2, 0.25) is 0 Å². The monoisotopic (exact) mass is 262 g/mol. The maximum absolute atomic E-state index is 10.4. The minimum atomic E-state index is -0.403. The van der Waals surface area contributed by atoms with Crippen molar-refractivity contribution in [1.29, 1.82) is 0 Å². The topological polar surface area (TPSA) is 49.5 Å². The average Bonchev–Trinajstić information content (AvgIpc) is 3.34. The maximum atomic E-state index is 10.4. The maximum Gasteiger partial charge on any atom is 0.197 e. The Morgan fingerprint density at radius 2 is 2.16 bits per heavy atom. The van der Waals surface area contributed by atoms with E-state index in [1.807, 2.05) is 6.20 Å². The Morgan fingerprint density at radius 1 is 1.32 bits per heavy atom. The lowest BCUT2D eigenvalue weighted by molar-refractivity contribution is 0.000728. The van der Waals surface area contributed by atoms with Gasteiger partial charge < -0.3 is 9.52 Å². The first-order chi connectivity index (χ1) is 9.24. The van der Waals surface area contributed by atoms with Crippen molar-refractivity contribution in [2.45, 2.75) is 69.1 Å². The molecule has 4 nitrogen and oxygen atoms in total. The second-order valence-electron chi connectivity index (χ2n) is 6.52. The SMILES string of the molecule is OC1(C2CCCCN2Cc2cnc(C3CC3)o2)CC1. The summed E-state index contributed by atoms with van der Waals surface area (Å²) in [5.74, 6) is 2.48. The van der Waals surface area contributed by atoms with Gasteiger partial charge in [-0.3, -0.25) is 4.90 Å². The first-order valence-corrected chi connectivity index (χ1v) is 7.66. The van der Waals surface area contributed by atoms with E-state index in [9.17, 15) is 5.11 Å². The molecule has 1 unspecified atom stereocenters. The molecule has 2 heterocycles. The van der Waals surface area contributed by atoms with Crippen molar-refractivity contribution in [3.8, 4) is 0 Å². The van der Waals surface area contributed by atoms with E-state index in [-0.39, 0.29) is 0 Å². The second-order valence-corrected chi connectivity index (χ2v) is 6.52. The molecular weight excluding hydrogens is 240 g/mol. The highest BCUT2D eigenvalue weighted by atomic mass is 16.4. The standard InChI is InChI=1S/C15H22N2O2/c18-15(6-7-15)13-3-1-2-8-17(13)10-12-9-16-14(19-12)11-4-5-11/h9,11,13,18H,1-8,10H2. The van der Waals surface area contributed by atoms with Crippen LogP contribution in [0.15, 0.2) is 10.6 Å². The molecule has 0 amide bonds. The minimum absolute atomic E-state index is 0.329. The summed E-state index contributed by atoms with van der Waals surface area (Å²) in [6.07, 6.45) is 9.88. The summed E-state index contributed by atoms with van der Waals surface area (Å²) in [6, 6.07) is 0.329. The molecule has 0 bridgehead atoms. The lowest BCUT2D eigenvalue weighted by atomic mass is 9.95. The molecule has 1 aliphatic heterocycles. The quantitative estimate of drug-likeness (QED) is 0.905. The van der Waals surface area contributed by atoms with Gasteiger partial charge in [-0.05, 0) is 45.1 Å². The van der Waals surface area contributed by atoms with E-state index in [4.69, 9.17) is 4.42 Å². The second kappa shape index (κ2) is 4.32. The van der Waals surface area contributed by atoms with Crippen LogP contribution in [0.4, 0.5) is 0 Å². The molecule has 3 aliphatic rings. The predicted octanol–water partition coefficient (Wildman–Crippen LogP) is 2.43. The molecule has 1 N–H and O–H groups in total. The summed E-state index contributed by atoms with van der Waals surface area (Å²) >= 11 is 0. The molecule has 1 aromatic rings. The highest BCUT2D eigenvalue weighted by Gasteiger charge is 2.50. The zero-order valence-corrected chi connectivity index (χ0v) is 11.3. The summed E-state index contributed by atoms with van der Waals surface area (Å²) in [5, 5.41) is 10.4. The largest absolute Gasteiger partial charge is 0.444 e. The number of aliphatic hydroxyl groups is 1. The van der Waals surface area contributed by atoms with Crippen molar-refractivity contribution in [2.75, 3.05) is 6.54 Å². The highest BCUT2D eigenvalue weighted by molar-refractivity contribution is 5.08. The van der Waals surface area contributed by atoms with Gasteiger partial charge >= 0.3 is 0 Å². The van der Waals surface area contributed by atoms with Crippen LogP contribution >= 0.6 is 0 Å². The van der Waals surface area contributed by atoms with Crippen molar-refractivity contribution in [3.63, 3.8) is 0 Å². The molecule has 3 fully saturated rings. The molecule has 1 atom stereocenters. The molecule has 19 heavy (non-hydrogen) atoms. The highest BCUT2D eigenvalue weighted by Crippen LogP contribution is 2.44. The van der Waals surface area contributed by atoms with Gasteiger partial charge in [-0.25, -0.2) is 4.98 Å². The summed E-state index contributed by atoms with van der Waals surface area (Å²) in [4.78, 5) is 6.80. The summed E-state index contributed by atoms with van der Waals surface area (Å²) in [5.41, 5.74) is -0.403. The number of hydrogen-bond acceptors (Lipinski definition) is 4. The van der Waals surface area contributed by atoms with Gasteiger partial charge in [0.2, 0.25) is 0 Å². The Balaban J connectivity index is 1.46. The normalized spacial score (nSPS) is 30.5. The molecule has 2 aliphatic carbocycles. The Morgan fingerprint density at radius 3 is 2.89 bits per heavy atom. The van der Waals surface area contributed by atoms with Gasteiger partial charge in [0, 0.05) is 12.0 Å². The van der Waals surface area contributed by atoms with E-state index in [0.29, 0.717) is 12.0 Å². The number of oxazole rings is 1. The van der Waals surface area contributed by atoms with Crippen LogP contribution in [0.25, 0.3) is 0 Å². The zero-order chi connectivity index (χ0) is 12.9. The molecule has 104 valence electrons. The summed E-state index contributed by atoms with van der Waals surface area (Å²) < 4.78 is 5.86. The third-order valence-electron chi connectivity index (χ3n) is 4.85. The van der Waals surface area contributed by atoms with E-state index >= 15 is 0 Å². The fourth-order valence-corrected chi connectivity index (χ4v) is 3.36. The van der Waals surface area contributed by atoms with E-state index < -0.39 is 5.60 Å². The first kappa shape index (κ1) is 11.9. The van der Waals surface area contributed by atoms with E-state index in [0.717, 1.165) is 44.0 Å². The molecule has 1 saturated heterocycles. The Kier molecular flexibility index (Phi) is 2.71. The Labute approximate surface area is 113 Å². The smallest absolute Gasteiger partial charge is 0.197 e. The molecular formula is C15H22N2O2. The van der Waals surface area contributed by atoms with Crippen molar-refractivity contribution in [1.82, 2.24) is 9.88 Å². The van der Waals surface area contributed by atoms with Crippen molar-refractivity contribution in [3.05, 3.63) is 17.8 Å². The number of hydrogen-bond donors (Lipinski definition) is 1. The lowest BCUT2D eigenvalue weighted by Crippen LogP contribution is -2.47. The van der Waals surface area contributed by atoms with E-state index in [1.165, 1.54) is 25.7 Å². The van der Waals surface area contributed by atoms with Gasteiger partial charge in [0.15, 0.2) is 5.89 Å². The predicted molar refractivity (Wildman–Crippen MR) is 70.7 cm³/mol. The number of piperidine rings is 1. The van der Waals surface area contributed by atoms with Crippen molar-refractivity contribution < 1.29 is 9.52 Å². The third kappa shape index (κ3) is 2.32. The fourth-order valence-electron chi connectivity index (χ4n) is 3.36. The molecule has 0 aromatic carbocycles. The van der Waals surface area contributed by atoms with Crippen LogP contribution < -0.4 is 0 Å². The van der Waals surface area contributed by atoms with Crippen LogP contribution in [-0.4, -0.2) is 33.2 Å². The zero-order valence-electron chi connectivity index (χ0n) is 11.3. The third-order valence-corrected chi connectivity index (χ3v) is 4.85. The Hall–Kier alpha value is -0.870. The van der Waals surface area contributed by atoms with Gasteiger partial charge in [-0.2, -0.15) is 0 Å². The van der Waals surface area contributed by atoms with Gasteiger partial charge in [-0.15, -0.1) is 0 Å². The molecule has 0 spiro atoms. The van der Waals surface area contributed by atoms with E-state index in [1.54, 1.807) is 0 Å². The number of rotatable bonds is 4. The molecule has 4 heteroatoms. The molecule has 4 rings (SSSR count). The van der Waals surface area contributed by atoms with Gasteiger partial charge in [0.05, 0.1) is 18.3 Å². The molecule has 0 radical (unpaired) electrons. The average molecular weight is 262 g/mol. The lowest BCUT2D eigenvalue weighted by Gasteiger charge is -2.38. The number of likely N-dealkylation sites (tertiary alicyclic amines) is 1. The van der Waals surface area contributed by atoms with Gasteiger partial charge in [0.1, 0.15) is 5.76 Å². The van der Waals surface area contributed by atoms with Gasteiger partial charge in [0.25, 0.3) is 0 Å².